The van der Waals surface area contributed by atoms with Gasteiger partial charge in [-0.25, -0.2) is 0 Å². The Kier molecular flexibility index (Phi) is 3.81. The van der Waals surface area contributed by atoms with E-state index in [2.05, 4.69) is 9.71 Å². The van der Waals surface area contributed by atoms with Gasteiger partial charge in [-0.15, -0.1) is 0 Å². The van der Waals surface area contributed by atoms with E-state index in [1.165, 1.54) is 20.3 Å². The average Bonchev–Trinajstić information content (AvgIpc) is 2.95. The summed E-state index contributed by atoms with van der Waals surface area (Å²) in [4.78, 5) is 13.1. The molecule has 0 saturated carbocycles. The van der Waals surface area contributed by atoms with E-state index >= 15 is 0 Å². The normalized spacial score (nSPS) is 16.7. The maximum Gasteiger partial charge on any atom is 0.283 e. The Hall–Kier alpha value is -3.13. The van der Waals surface area contributed by atoms with E-state index < -0.39 is 10.0 Å². The summed E-state index contributed by atoms with van der Waals surface area (Å²) in [6, 6.07) is 9.76. The average molecular weight is 384 g/mol. The van der Waals surface area contributed by atoms with Crippen molar-refractivity contribution < 1.29 is 22.7 Å². The Labute approximate surface area is 156 Å². The van der Waals surface area contributed by atoms with Gasteiger partial charge in [-0.3, -0.25) is 4.79 Å². The molecular formula is C19H16N2O5S. The van der Waals surface area contributed by atoms with Crippen molar-refractivity contribution in [3.8, 4) is 11.5 Å². The van der Waals surface area contributed by atoms with Gasteiger partial charge in [0.1, 0.15) is 0 Å². The summed E-state index contributed by atoms with van der Waals surface area (Å²) in [6.07, 6.45) is 0. The molecule has 0 fully saturated rings. The highest BCUT2D eigenvalue weighted by atomic mass is 32.2. The summed E-state index contributed by atoms with van der Waals surface area (Å²) < 4.78 is 39.6. The molecular weight excluding hydrogens is 368 g/mol. The number of nitrogens with one attached hydrogen (secondary N) is 1. The molecule has 138 valence electrons. The molecule has 0 aromatic heterocycles. The Balaban J connectivity index is 2.05. The second kappa shape index (κ2) is 5.95. The van der Waals surface area contributed by atoms with Crippen LogP contribution in [0, 0.1) is 0 Å². The smallest absolute Gasteiger partial charge is 0.283 e. The molecule has 0 bridgehead atoms. The zero-order chi connectivity index (χ0) is 19.3. The molecule has 0 radical (unpaired) electrons. The molecule has 0 amide bonds. The predicted molar refractivity (Wildman–Crippen MR) is 100 cm³/mol. The number of nitrogens with zero attached hydrogens (tertiary/aromatic N) is 1. The SMILES string of the molecule is CNC1=C(c2ccc(OC)c(OC)c2)C2=NS(=O)(=O)c3cccc(c32)C1=O. The van der Waals surface area contributed by atoms with Crippen molar-refractivity contribution in [3.05, 3.63) is 58.8 Å². The number of sulfonamides is 1. The first-order chi connectivity index (χ1) is 12.9. The highest BCUT2D eigenvalue weighted by Crippen LogP contribution is 2.41. The fraction of sp³-hybridized carbons (Fsp3) is 0.158. The van der Waals surface area contributed by atoms with Crippen LogP contribution in [-0.4, -0.2) is 41.2 Å². The van der Waals surface area contributed by atoms with Crippen LogP contribution in [0.5, 0.6) is 11.5 Å². The van der Waals surface area contributed by atoms with Gasteiger partial charge in [-0.1, -0.05) is 18.2 Å². The maximum atomic E-state index is 13.0. The van der Waals surface area contributed by atoms with Crippen LogP contribution in [0.2, 0.25) is 0 Å². The number of ether oxygens (including phenoxy) is 2. The van der Waals surface area contributed by atoms with Gasteiger partial charge in [0, 0.05) is 23.7 Å². The minimum atomic E-state index is -3.86. The van der Waals surface area contributed by atoms with E-state index in [9.17, 15) is 13.2 Å². The fourth-order valence-electron chi connectivity index (χ4n) is 3.44. The number of likely N-dealkylation sites (N-methyl/N-ethyl adjacent to an activating group) is 1. The summed E-state index contributed by atoms with van der Waals surface area (Å²) in [5.74, 6) is 0.707. The Morgan fingerprint density at radius 3 is 2.44 bits per heavy atom. The van der Waals surface area contributed by atoms with Gasteiger partial charge in [0.2, 0.25) is 5.78 Å². The number of rotatable bonds is 4. The predicted octanol–water partition coefficient (Wildman–Crippen LogP) is 2.02. The lowest BCUT2D eigenvalue weighted by Gasteiger charge is -2.22. The first-order valence-electron chi connectivity index (χ1n) is 8.10. The molecule has 0 atom stereocenters. The van der Waals surface area contributed by atoms with Crippen molar-refractivity contribution in [3.63, 3.8) is 0 Å². The van der Waals surface area contributed by atoms with Gasteiger partial charge < -0.3 is 14.8 Å². The van der Waals surface area contributed by atoms with E-state index in [1.807, 2.05) is 0 Å². The van der Waals surface area contributed by atoms with Crippen LogP contribution in [-0.2, 0) is 10.0 Å². The molecule has 1 N–H and O–H groups in total. The molecule has 2 aliphatic rings. The lowest BCUT2D eigenvalue weighted by Crippen LogP contribution is -2.27. The van der Waals surface area contributed by atoms with Gasteiger partial charge in [-0.2, -0.15) is 12.8 Å². The number of carbonyl (C=O) groups excluding carboxylic acids is 1. The quantitative estimate of drug-likeness (QED) is 0.867. The summed E-state index contributed by atoms with van der Waals surface area (Å²) in [7, 11) is 0.792. The number of methoxy groups -OCH3 is 2. The molecule has 0 spiro atoms. The summed E-state index contributed by atoms with van der Waals surface area (Å²) in [5.41, 5.74) is 2.23. The third kappa shape index (κ3) is 2.37. The second-order valence-electron chi connectivity index (χ2n) is 5.99. The Bertz CT molecular complexity index is 1160. The van der Waals surface area contributed by atoms with Crippen LogP contribution in [0.4, 0.5) is 0 Å². The van der Waals surface area contributed by atoms with Crippen molar-refractivity contribution >= 4 is 27.1 Å². The van der Waals surface area contributed by atoms with Crippen LogP contribution in [0.1, 0.15) is 21.5 Å². The van der Waals surface area contributed by atoms with E-state index in [0.717, 1.165) is 0 Å². The van der Waals surface area contributed by atoms with E-state index in [1.54, 1.807) is 37.4 Å². The Morgan fingerprint density at radius 2 is 1.78 bits per heavy atom. The molecule has 7 nitrogen and oxygen atoms in total. The van der Waals surface area contributed by atoms with Gasteiger partial charge in [0.05, 0.1) is 30.5 Å². The molecule has 8 heteroatoms. The van der Waals surface area contributed by atoms with Crippen LogP contribution >= 0.6 is 0 Å². The first-order valence-corrected chi connectivity index (χ1v) is 9.54. The molecule has 2 aromatic rings. The topological polar surface area (TPSA) is 94.1 Å². The van der Waals surface area contributed by atoms with Crippen molar-refractivity contribution in [2.24, 2.45) is 4.40 Å². The van der Waals surface area contributed by atoms with Crippen molar-refractivity contribution in [2.75, 3.05) is 21.3 Å². The number of benzene rings is 2. The minimum absolute atomic E-state index is 0.0523. The number of hydrogen-bond donors (Lipinski definition) is 1. The zero-order valence-electron chi connectivity index (χ0n) is 14.9. The standard InChI is InChI=1S/C19H16N2O5S/c1-20-18-15(10-7-8-12(25-2)13(9-10)26-3)17-16-11(19(18)22)5-4-6-14(16)27(23,24)21-17/h4-9,20H,1-3H3. The van der Waals surface area contributed by atoms with Gasteiger partial charge >= 0.3 is 0 Å². The number of carbonyl (C=O) groups is 1. The molecule has 0 saturated heterocycles. The monoisotopic (exact) mass is 384 g/mol. The highest BCUT2D eigenvalue weighted by Gasteiger charge is 2.40. The first kappa shape index (κ1) is 17.3. The van der Waals surface area contributed by atoms with Crippen molar-refractivity contribution in [1.82, 2.24) is 5.32 Å². The summed E-state index contributed by atoms with van der Waals surface area (Å²) in [5, 5.41) is 2.91. The molecule has 1 aliphatic carbocycles. The molecule has 1 heterocycles. The fourth-order valence-corrected chi connectivity index (χ4v) is 4.68. The van der Waals surface area contributed by atoms with Crippen molar-refractivity contribution in [2.45, 2.75) is 4.90 Å². The third-order valence-electron chi connectivity index (χ3n) is 4.63. The summed E-state index contributed by atoms with van der Waals surface area (Å²) in [6.45, 7) is 0. The number of Topliss-reactive ketones (excluding diaryl/α,β-unsaturated/α-hetero) is 1. The lowest BCUT2D eigenvalue weighted by atomic mass is 9.83. The molecule has 2 aromatic carbocycles. The third-order valence-corrected chi connectivity index (χ3v) is 5.95. The van der Waals surface area contributed by atoms with Gasteiger partial charge in [0.25, 0.3) is 10.0 Å². The minimum Gasteiger partial charge on any atom is -0.493 e. The van der Waals surface area contributed by atoms with Gasteiger partial charge in [0.15, 0.2) is 11.5 Å². The second-order valence-corrected chi connectivity index (χ2v) is 7.57. The van der Waals surface area contributed by atoms with Crippen LogP contribution in [0.15, 0.2) is 51.4 Å². The van der Waals surface area contributed by atoms with E-state index in [0.29, 0.717) is 33.8 Å². The van der Waals surface area contributed by atoms with Crippen LogP contribution < -0.4 is 14.8 Å². The molecule has 27 heavy (non-hydrogen) atoms. The van der Waals surface area contributed by atoms with Gasteiger partial charge in [-0.05, 0) is 23.8 Å². The largest absolute Gasteiger partial charge is 0.493 e. The molecule has 4 rings (SSSR count). The summed E-state index contributed by atoms with van der Waals surface area (Å²) >= 11 is 0. The van der Waals surface area contributed by atoms with E-state index in [-0.39, 0.29) is 22.1 Å². The van der Waals surface area contributed by atoms with Crippen molar-refractivity contribution in [1.29, 1.82) is 0 Å². The molecule has 0 unspecified atom stereocenters. The maximum absolute atomic E-state index is 13.0. The highest BCUT2D eigenvalue weighted by molar-refractivity contribution is 7.90. The number of hydrogen-bond acceptors (Lipinski definition) is 6. The van der Waals surface area contributed by atoms with Crippen LogP contribution in [0.3, 0.4) is 0 Å². The number of allylic oxidation sites excluding steroid dienone is 2. The van der Waals surface area contributed by atoms with E-state index in [4.69, 9.17) is 9.47 Å². The lowest BCUT2D eigenvalue weighted by molar-refractivity contribution is 0.102. The Morgan fingerprint density at radius 1 is 1.04 bits per heavy atom. The zero-order valence-corrected chi connectivity index (χ0v) is 15.7. The van der Waals surface area contributed by atoms with Crippen LogP contribution in [0.25, 0.3) is 5.57 Å². The molecule has 1 aliphatic heterocycles. The number of ketones is 1.